The molecule has 0 aliphatic carbocycles. The lowest BCUT2D eigenvalue weighted by atomic mass is 9.94. The lowest BCUT2D eigenvalue weighted by molar-refractivity contribution is -0.116. The smallest absolute Gasteiger partial charge is 0.224 e. The summed E-state index contributed by atoms with van der Waals surface area (Å²) in [6, 6.07) is 12.4. The number of hydrogen-bond donors (Lipinski definition) is 2. The predicted octanol–water partition coefficient (Wildman–Crippen LogP) is 4.51. The molecular weight excluding hydrogens is 421 g/mol. The number of aliphatic hydroxyl groups is 1. The number of piperazine rings is 1. The van der Waals surface area contributed by atoms with Crippen LogP contribution in [-0.4, -0.2) is 48.7 Å². The number of aryl methyl sites for hydroxylation is 1. The molecule has 5 nitrogen and oxygen atoms in total. The van der Waals surface area contributed by atoms with E-state index in [1.165, 1.54) is 11.1 Å². The van der Waals surface area contributed by atoms with Gasteiger partial charge in [0.15, 0.2) is 0 Å². The van der Waals surface area contributed by atoms with Crippen LogP contribution in [0.4, 0.5) is 11.4 Å². The lowest BCUT2D eigenvalue weighted by Crippen LogP contribution is -2.47. The van der Waals surface area contributed by atoms with E-state index in [-0.39, 0.29) is 18.6 Å². The summed E-state index contributed by atoms with van der Waals surface area (Å²) in [7, 11) is 0. The van der Waals surface area contributed by atoms with Gasteiger partial charge >= 0.3 is 0 Å². The normalized spacial score (nSPS) is 18.1. The Morgan fingerprint density at radius 2 is 1.87 bits per heavy atom. The van der Waals surface area contributed by atoms with Gasteiger partial charge in [0.2, 0.25) is 5.91 Å². The zero-order valence-electron chi connectivity index (χ0n) is 16.9. The molecule has 1 unspecified atom stereocenters. The molecule has 2 aliphatic rings. The van der Waals surface area contributed by atoms with Crippen LogP contribution in [0.1, 0.15) is 36.4 Å². The monoisotopic (exact) mass is 447 g/mol. The molecule has 2 aliphatic heterocycles. The Bertz CT molecular complexity index is 913. The number of aliphatic hydroxyl groups excluding tert-OH is 1. The van der Waals surface area contributed by atoms with Gasteiger partial charge in [-0.2, -0.15) is 0 Å². The van der Waals surface area contributed by atoms with Crippen LogP contribution in [0.3, 0.4) is 0 Å². The van der Waals surface area contributed by atoms with E-state index in [0.29, 0.717) is 16.5 Å². The highest BCUT2D eigenvalue weighted by Crippen LogP contribution is 2.35. The van der Waals surface area contributed by atoms with E-state index in [0.717, 1.165) is 56.8 Å². The minimum absolute atomic E-state index is 0.0820. The molecule has 1 saturated heterocycles. The number of benzene rings is 2. The van der Waals surface area contributed by atoms with Crippen molar-refractivity contribution in [3.8, 4) is 0 Å². The quantitative estimate of drug-likeness (QED) is 0.683. The molecule has 30 heavy (non-hydrogen) atoms. The fourth-order valence-corrected chi connectivity index (χ4v) is 4.87. The summed E-state index contributed by atoms with van der Waals surface area (Å²) in [5.41, 5.74) is 4.30. The summed E-state index contributed by atoms with van der Waals surface area (Å²) >= 11 is 12.6. The first-order valence-corrected chi connectivity index (χ1v) is 11.3. The Balaban J connectivity index is 1.50. The molecule has 0 aromatic heterocycles. The second-order valence-electron chi connectivity index (χ2n) is 7.94. The zero-order valence-corrected chi connectivity index (χ0v) is 18.4. The van der Waals surface area contributed by atoms with Crippen LogP contribution in [0.15, 0.2) is 36.4 Å². The predicted molar refractivity (Wildman–Crippen MR) is 123 cm³/mol. The van der Waals surface area contributed by atoms with Crippen LogP contribution >= 0.6 is 23.2 Å². The third-order valence-corrected chi connectivity index (χ3v) is 6.89. The van der Waals surface area contributed by atoms with E-state index in [1.807, 2.05) is 18.2 Å². The molecule has 0 spiro atoms. The van der Waals surface area contributed by atoms with Crippen molar-refractivity contribution in [2.45, 2.75) is 31.7 Å². The number of rotatable bonds is 6. The van der Waals surface area contributed by atoms with Crippen LogP contribution in [0.5, 0.6) is 0 Å². The molecule has 7 heteroatoms. The van der Waals surface area contributed by atoms with Crippen molar-refractivity contribution in [3.63, 3.8) is 0 Å². The highest BCUT2D eigenvalue weighted by atomic mass is 35.5. The number of fused-ring (bicyclic) bond motifs is 1. The Morgan fingerprint density at radius 1 is 1.07 bits per heavy atom. The van der Waals surface area contributed by atoms with Gasteiger partial charge < -0.3 is 15.3 Å². The molecule has 1 amide bonds. The van der Waals surface area contributed by atoms with Crippen LogP contribution in [-0.2, 0) is 11.2 Å². The summed E-state index contributed by atoms with van der Waals surface area (Å²) in [5.74, 6) is 0.0820. The molecule has 1 fully saturated rings. The first-order chi connectivity index (χ1) is 14.6. The maximum Gasteiger partial charge on any atom is 0.224 e. The zero-order chi connectivity index (χ0) is 21.1. The highest BCUT2D eigenvalue weighted by Gasteiger charge is 2.27. The molecule has 0 radical (unpaired) electrons. The molecule has 2 heterocycles. The van der Waals surface area contributed by atoms with Crippen molar-refractivity contribution in [2.75, 3.05) is 43.0 Å². The third-order valence-electron chi connectivity index (χ3n) is 6.08. The SMILES string of the molecule is O=C1CCc2ccc(C(CCCO)N3CCN(c4cccc(Cl)c4Cl)CC3)cc2N1. The van der Waals surface area contributed by atoms with E-state index in [4.69, 9.17) is 23.2 Å². The van der Waals surface area contributed by atoms with Gasteiger partial charge in [0.1, 0.15) is 0 Å². The molecule has 0 saturated carbocycles. The van der Waals surface area contributed by atoms with Crippen LogP contribution < -0.4 is 10.2 Å². The number of nitrogens with one attached hydrogen (secondary N) is 1. The molecule has 0 bridgehead atoms. The second kappa shape index (κ2) is 9.56. The van der Waals surface area contributed by atoms with Crippen molar-refractivity contribution >= 4 is 40.5 Å². The number of anilines is 2. The van der Waals surface area contributed by atoms with Crippen LogP contribution in [0.2, 0.25) is 10.0 Å². The third kappa shape index (κ3) is 4.59. The summed E-state index contributed by atoms with van der Waals surface area (Å²) < 4.78 is 0. The first-order valence-electron chi connectivity index (χ1n) is 10.5. The Hall–Kier alpha value is -1.79. The van der Waals surface area contributed by atoms with E-state index in [9.17, 15) is 9.90 Å². The molecule has 4 rings (SSSR count). The maximum atomic E-state index is 11.8. The van der Waals surface area contributed by atoms with E-state index < -0.39 is 0 Å². The molecule has 160 valence electrons. The van der Waals surface area contributed by atoms with Gasteiger partial charge in [-0.25, -0.2) is 0 Å². The van der Waals surface area contributed by atoms with Crippen LogP contribution in [0, 0.1) is 0 Å². The van der Waals surface area contributed by atoms with Crippen molar-refractivity contribution in [2.24, 2.45) is 0 Å². The summed E-state index contributed by atoms with van der Waals surface area (Å²) in [4.78, 5) is 16.6. The van der Waals surface area contributed by atoms with Gasteiger partial charge in [0.25, 0.3) is 0 Å². The number of carbonyl (C=O) groups excluding carboxylic acids is 1. The first kappa shape index (κ1) is 21.4. The minimum Gasteiger partial charge on any atom is -0.396 e. The van der Waals surface area contributed by atoms with E-state index in [2.05, 4.69) is 33.3 Å². The number of amides is 1. The molecule has 2 aromatic rings. The molecule has 2 N–H and O–H groups in total. The maximum absolute atomic E-state index is 11.8. The second-order valence-corrected chi connectivity index (χ2v) is 8.73. The van der Waals surface area contributed by atoms with E-state index >= 15 is 0 Å². The topological polar surface area (TPSA) is 55.8 Å². The van der Waals surface area contributed by atoms with Crippen molar-refractivity contribution in [1.29, 1.82) is 0 Å². The van der Waals surface area contributed by atoms with Gasteiger partial charge in [-0.3, -0.25) is 9.69 Å². The van der Waals surface area contributed by atoms with Gasteiger partial charge in [0.05, 0.1) is 15.7 Å². The molecule has 1 atom stereocenters. The lowest BCUT2D eigenvalue weighted by Gasteiger charge is -2.41. The van der Waals surface area contributed by atoms with Crippen molar-refractivity contribution < 1.29 is 9.90 Å². The number of nitrogens with zero attached hydrogens (tertiary/aromatic N) is 2. The standard InChI is InChI=1S/C23H27Cl2N3O2/c24-18-3-1-4-21(23(18)25)28-12-10-27(11-13-28)20(5-2-14-29)17-7-6-16-8-9-22(30)26-19(16)15-17/h1,3-4,6-7,15,20,29H,2,5,8-14H2,(H,26,30). The van der Waals surface area contributed by atoms with Gasteiger partial charge in [-0.15, -0.1) is 0 Å². The van der Waals surface area contributed by atoms with Crippen molar-refractivity contribution in [3.05, 3.63) is 57.6 Å². The number of halogens is 2. The van der Waals surface area contributed by atoms with Gasteiger partial charge in [-0.05, 0) is 48.6 Å². The highest BCUT2D eigenvalue weighted by molar-refractivity contribution is 6.43. The number of carbonyl (C=O) groups is 1. The van der Waals surface area contributed by atoms with Crippen LogP contribution in [0.25, 0.3) is 0 Å². The average Bonchev–Trinajstić information content (AvgIpc) is 2.76. The summed E-state index contributed by atoms with van der Waals surface area (Å²) in [6.07, 6.45) is 2.96. The summed E-state index contributed by atoms with van der Waals surface area (Å²) in [6.45, 7) is 3.68. The van der Waals surface area contributed by atoms with Crippen molar-refractivity contribution in [1.82, 2.24) is 4.90 Å². The fraction of sp³-hybridized carbons (Fsp3) is 0.435. The number of hydrogen-bond acceptors (Lipinski definition) is 4. The Kier molecular flexibility index (Phi) is 6.84. The summed E-state index contributed by atoms with van der Waals surface area (Å²) in [5, 5.41) is 13.6. The fourth-order valence-electron chi connectivity index (χ4n) is 4.45. The average molecular weight is 448 g/mol. The Labute approximate surface area is 187 Å². The van der Waals surface area contributed by atoms with E-state index in [1.54, 1.807) is 0 Å². The van der Waals surface area contributed by atoms with Gasteiger partial charge in [0, 0.05) is 50.9 Å². The molecule has 2 aromatic carbocycles. The largest absolute Gasteiger partial charge is 0.396 e. The van der Waals surface area contributed by atoms with Gasteiger partial charge in [-0.1, -0.05) is 41.4 Å². The minimum atomic E-state index is 0.0820. The Morgan fingerprint density at radius 3 is 2.63 bits per heavy atom. The molecular formula is C23H27Cl2N3O2.